The number of β-amino-alcohol motifs (C(OH)–C–C–N with tert-alkyl or cyclic N) is 1. The number of sulfonamides is 1. The number of aliphatic hydroxyl groups is 1. The highest BCUT2D eigenvalue weighted by Gasteiger charge is 2.25. The largest absolute Gasteiger partial charge is 0.478 e. The Morgan fingerprint density at radius 3 is 2.35 bits per heavy atom. The molecule has 0 saturated heterocycles. The predicted molar refractivity (Wildman–Crippen MR) is 154 cm³/mol. The molecule has 0 unspecified atom stereocenters. The van der Waals surface area contributed by atoms with Crippen molar-refractivity contribution in [3.8, 4) is 11.1 Å². The predicted octanol–water partition coefficient (Wildman–Crippen LogP) is 4.94. The second kappa shape index (κ2) is 11.9. The Morgan fingerprint density at radius 1 is 0.950 bits per heavy atom. The van der Waals surface area contributed by atoms with Gasteiger partial charge in [0, 0.05) is 25.7 Å². The van der Waals surface area contributed by atoms with Crippen molar-refractivity contribution < 1.29 is 27.8 Å². The summed E-state index contributed by atoms with van der Waals surface area (Å²) in [4.78, 5) is 11.1. The highest BCUT2D eigenvalue weighted by Crippen LogP contribution is 2.26. The molecule has 0 aromatic heterocycles. The maximum absolute atomic E-state index is 14.2. The van der Waals surface area contributed by atoms with Crippen molar-refractivity contribution in [1.82, 2.24) is 9.62 Å². The Hall–Kier alpha value is -3.63. The van der Waals surface area contributed by atoms with E-state index in [9.17, 15) is 22.7 Å². The zero-order valence-electron chi connectivity index (χ0n) is 22.6. The molecule has 1 atom stereocenters. The highest BCUT2D eigenvalue weighted by molar-refractivity contribution is 7.89. The van der Waals surface area contributed by atoms with E-state index in [1.807, 2.05) is 26.0 Å². The molecule has 4 rings (SSSR count). The van der Waals surface area contributed by atoms with E-state index in [0.29, 0.717) is 11.1 Å². The van der Waals surface area contributed by atoms with E-state index in [1.165, 1.54) is 36.7 Å². The molecule has 7 nitrogen and oxygen atoms in total. The Balaban J connectivity index is 1.39. The first-order valence-electron chi connectivity index (χ1n) is 12.9. The number of likely N-dealkylation sites (N-methyl/N-ethyl adjacent to an activating group) is 1. The van der Waals surface area contributed by atoms with Crippen LogP contribution in [0.2, 0.25) is 0 Å². The Kier molecular flexibility index (Phi) is 8.70. The van der Waals surface area contributed by atoms with Gasteiger partial charge in [0.2, 0.25) is 10.0 Å². The summed E-state index contributed by atoms with van der Waals surface area (Å²) < 4.78 is 41.8. The van der Waals surface area contributed by atoms with Gasteiger partial charge >= 0.3 is 5.97 Å². The van der Waals surface area contributed by atoms with Gasteiger partial charge in [-0.05, 0) is 72.0 Å². The molecule has 0 aliphatic carbocycles. The Morgan fingerprint density at radius 2 is 1.65 bits per heavy atom. The maximum Gasteiger partial charge on any atom is 0.338 e. The van der Waals surface area contributed by atoms with Gasteiger partial charge in [0.1, 0.15) is 5.82 Å². The molecule has 4 aromatic carbocycles. The van der Waals surface area contributed by atoms with Crippen molar-refractivity contribution >= 4 is 26.8 Å². The molecule has 0 radical (unpaired) electrons. The molecule has 3 N–H and O–H groups in total. The SMILES string of the molecule is CN(C[C@@H](O)CNC(C)(C)Cc1ccc2ccccc2c1)S(=O)(=O)c1cccc(-c2ccc(C(=O)O)c(F)c2)c1. The van der Waals surface area contributed by atoms with Crippen molar-refractivity contribution in [3.63, 3.8) is 0 Å². The van der Waals surface area contributed by atoms with Crippen molar-refractivity contribution in [1.29, 1.82) is 0 Å². The number of carboxylic acids is 1. The summed E-state index contributed by atoms with van der Waals surface area (Å²) in [6, 6.07) is 24.1. The lowest BCUT2D eigenvalue weighted by Crippen LogP contribution is -2.47. The second-order valence-electron chi connectivity index (χ2n) is 10.6. The molecular weight excluding hydrogens is 531 g/mol. The van der Waals surface area contributed by atoms with Gasteiger partial charge in [0.25, 0.3) is 0 Å². The Labute approximate surface area is 233 Å². The van der Waals surface area contributed by atoms with E-state index >= 15 is 0 Å². The topological polar surface area (TPSA) is 107 Å². The second-order valence-corrected chi connectivity index (χ2v) is 12.6. The number of nitrogens with one attached hydrogen (secondary N) is 1. The van der Waals surface area contributed by atoms with Crippen LogP contribution in [0.3, 0.4) is 0 Å². The molecule has 0 heterocycles. The van der Waals surface area contributed by atoms with Gasteiger partial charge in [-0.2, -0.15) is 4.31 Å². The Bertz CT molecular complexity index is 1640. The number of nitrogens with zero attached hydrogens (tertiary/aromatic N) is 1. The molecule has 9 heteroatoms. The number of halogens is 1. The number of rotatable bonds is 11. The van der Waals surface area contributed by atoms with Crippen molar-refractivity contribution in [2.75, 3.05) is 20.1 Å². The normalized spacial score (nSPS) is 13.1. The number of aliphatic hydroxyl groups excluding tert-OH is 1. The summed E-state index contributed by atoms with van der Waals surface area (Å²) in [6.45, 7) is 4.13. The van der Waals surface area contributed by atoms with Crippen LogP contribution in [0.1, 0.15) is 29.8 Å². The fourth-order valence-electron chi connectivity index (χ4n) is 4.66. The summed E-state index contributed by atoms with van der Waals surface area (Å²) in [6.07, 6.45) is -0.240. The van der Waals surface area contributed by atoms with Gasteiger partial charge < -0.3 is 15.5 Å². The van der Waals surface area contributed by atoms with E-state index < -0.39 is 33.5 Å². The highest BCUT2D eigenvalue weighted by atomic mass is 32.2. The van der Waals surface area contributed by atoms with Crippen LogP contribution < -0.4 is 5.32 Å². The van der Waals surface area contributed by atoms with Gasteiger partial charge in [-0.3, -0.25) is 0 Å². The molecule has 0 aliphatic heterocycles. The van der Waals surface area contributed by atoms with Crippen LogP contribution in [0.25, 0.3) is 21.9 Å². The fourth-order valence-corrected chi connectivity index (χ4v) is 5.91. The van der Waals surface area contributed by atoms with Crippen LogP contribution in [0.15, 0.2) is 89.8 Å². The molecule has 4 aromatic rings. The lowest BCUT2D eigenvalue weighted by atomic mass is 9.93. The number of fused-ring (bicyclic) bond motifs is 1. The number of benzene rings is 4. The number of hydrogen-bond donors (Lipinski definition) is 3. The fraction of sp³-hybridized carbons (Fsp3) is 0.258. The molecule has 210 valence electrons. The molecular formula is C31H33FN2O5S. The molecule has 0 fully saturated rings. The monoisotopic (exact) mass is 564 g/mol. The van der Waals surface area contributed by atoms with Crippen LogP contribution in [0.5, 0.6) is 0 Å². The minimum absolute atomic E-state index is 0.0213. The number of hydrogen-bond acceptors (Lipinski definition) is 5. The van der Waals surface area contributed by atoms with E-state index in [2.05, 4.69) is 35.6 Å². The minimum Gasteiger partial charge on any atom is -0.478 e. The third-order valence-corrected chi connectivity index (χ3v) is 8.64. The zero-order chi connectivity index (χ0) is 29.1. The number of carbonyl (C=O) groups is 1. The standard InChI is InChI=1S/C31H33FN2O5S/c1-31(2,18-21-11-12-22-7-4-5-8-23(22)15-21)33-19-26(35)20-34(3)40(38,39)27-10-6-9-24(16-27)25-13-14-28(30(36)37)29(32)17-25/h4-17,26,33,35H,18-20H2,1-3H3,(H,36,37)/t26-/m0/s1. The summed E-state index contributed by atoms with van der Waals surface area (Å²) in [5.74, 6) is -2.29. The minimum atomic E-state index is -3.96. The lowest BCUT2D eigenvalue weighted by molar-refractivity contribution is 0.0692. The summed E-state index contributed by atoms with van der Waals surface area (Å²) in [7, 11) is -2.57. The van der Waals surface area contributed by atoms with Gasteiger partial charge in [0.15, 0.2) is 0 Å². The molecule has 40 heavy (non-hydrogen) atoms. The summed E-state index contributed by atoms with van der Waals surface area (Å²) in [5.41, 5.74) is 1.11. The quantitative estimate of drug-likeness (QED) is 0.238. The summed E-state index contributed by atoms with van der Waals surface area (Å²) in [5, 5.41) is 25.4. The third-order valence-electron chi connectivity index (χ3n) is 6.82. The van der Waals surface area contributed by atoms with Crippen molar-refractivity contribution in [2.45, 2.75) is 36.8 Å². The maximum atomic E-state index is 14.2. The first kappa shape index (κ1) is 29.4. The van der Waals surface area contributed by atoms with Crippen LogP contribution >= 0.6 is 0 Å². The third kappa shape index (κ3) is 6.92. The summed E-state index contributed by atoms with van der Waals surface area (Å²) >= 11 is 0. The smallest absolute Gasteiger partial charge is 0.338 e. The van der Waals surface area contributed by atoms with E-state index in [4.69, 9.17) is 5.11 Å². The van der Waals surface area contributed by atoms with Crippen LogP contribution in [-0.4, -0.2) is 60.7 Å². The zero-order valence-corrected chi connectivity index (χ0v) is 23.5. The molecule has 0 amide bonds. The van der Waals surface area contributed by atoms with Crippen LogP contribution in [0, 0.1) is 5.82 Å². The van der Waals surface area contributed by atoms with E-state index in [-0.39, 0.29) is 23.5 Å². The average Bonchev–Trinajstić information content (AvgIpc) is 2.91. The van der Waals surface area contributed by atoms with Crippen LogP contribution in [-0.2, 0) is 16.4 Å². The van der Waals surface area contributed by atoms with Crippen molar-refractivity contribution in [3.05, 3.63) is 102 Å². The molecule has 0 aliphatic rings. The first-order valence-corrected chi connectivity index (χ1v) is 14.3. The number of carboxylic acid groups (broad SMARTS) is 1. The van der Waals surface area contributed by atoms with Crippen molar-refractivity contribution in [2.24, 2.45) is 0 Å². The van der Waals surface area contributed by atoms with Gasteiger partial charge in [-0.15, -0.1) is 0 Å². The van der Waals surface area contributed by atoms with E-state index in [1.54, 1.807) is 6.07 Å². The van der Waals surface area contributed by atoms with Gasteiger partial charge in [-0.1, -0.05) is 60.7 Å². The van der Waals surface area contributed by atoms with E-state index in [0.717, 1.165) is 33.8 Å². The lowest BCUT2D eigenvalue weighted by Gasteiger charge is -2.29. The van der Waals surface area contributed by atoms with Gasteiger partial charge in [-0.25, -0.2) is 17.6 Å². The average molecular weight is 565 g/mol. The number of aromatic carboxylic acids is 1. The molecule has 0 spiro atoms. The molecule has 0 bridgehead atoms. The van der Waals surface area contributed by atoms with Gasteiger partial charge in [0.05, 0.1) is 16.6 Å². The molecule has 0 saturated carbocycles. The first-order chi connectivity index (χ1) is 18.9. The van der Waals surface area contributed by atoms with Crippen LogP contribution in [0.4, 0.5) is 4.39 Å².